The van der Waals surface area contributed by atoms with Crippen LogP contribution < -0.4 is 5.32 Å². The Hall–Kier alpha value is -1.85. The molecule has 0 spiro atoms. The topological polar surface area (TPSA) is 51.2 Å². The van der Waals surface area contributed by atoms with Crippen molar-refractivity contribution >= 4 is 45.3 Å². The Labute approximate surface area is 223 Å². The highest BCUT2D eigenvalue weighted by molar-refractivity contribution is 7.16. The normalized spacial score (nSPS) is 34.6. The Kier molecular flexibility index (Phi) is 6.23. The fourth-order valence-electron chi connectivity index (χ4n) is 8.17. The summed E-state index contributed by atoms with van der Waals surface area (Å²) in [4.78, 5) is 18.7. The van der Waals surface area contributed by atoms with E-state index in [4.69, 9.17) is 21.3 Å². The van der Waals surface area contributed by atoms with Crippen LogP contribution in [0.15, 0.2) is 30.3 Å². The quantitative estimate of drug-likeness (QED) is 0.399. The maximum absolute atomic E-state index is 12.3. The van der Waals surface area contributed by atoms with Gasteiger partial charge in [-0.05, 0) is 92.2 Å². The summed E-state index contributed by atoms with van der Waals surface area (Å²) < 4.78 is 6.06. The smallest absolute Gasteiger partial charge is 0.306 e. The van der Waals surface area contributed by atoms with E-state index in [9.17, 15) is 4.79 Å². The number of ether oxygens (including phenoxy) is 1. The number of fused-ring (bicyclic) bond motifs is 7. The number of nitrogens with zero attached hydrogens (tertiary/aromatic N) is 1. The molecule has 0 radical (unpaired) electrons. The molecule has 1 aromatic heterocycles. The molecule has 6 heteroatoms. The van der Waals surface area contributed by atoms with Crippen LogP contribution in [0.1, 0.15) is 82.7 Å². The van der Waals surface area contributed by atoms with E-state index in [0.29, 0.717) is 24.2 Å². The van der Waals surface area contributed by atoms with Gasteiger partial charge in [0.15, 0.2) is 5.13 Å². The van der Waals surface area contributed by atoms with E-state index >= 15 is 0 Å². The van der Waals surface area contributed by atoms with Gasteiger partial charge in [0.05, 0.1) is 21.3 Å². The minimum atomic E-state index is -0.00417. The molecule has 192 valence electrons. The molecule has 1 heterocycles. The first-order valence-corrected chi connectivity index (χ1v) is 14.9. The number of hydrogen-bond donors (Lipinski definition) is 1. The lowest BCUT2D eigenvalue weighted by Crippen LogP contribution is -2.50. The van der Waals surface area contributed by atoms with E-state index in [2.05, 4.69) is 25.2 Å². The van der Waals surface area contributed by atoms with Crippen molar-refractivity contribution in [2.75, 3.05) is 5.32 Å². The number of carbonyl (C=O) groups is 1. The number of thiazole rings is 1. The van der Waals surface area contributed by atoms with E-state index in [0.717, 1.165) is 41.5 Å². The second kappa shape index (κ2) is 9.16. The molecule has 2 fully saturated rings. The Morgan fingerprint density at radius 3 is 2.83 bits per heavy atom. The summed E-state index contributed by atoms with van der Waals surface area (Å²) in [5.74, 6) is 2.01. The molecule has 2 saturated carbocycles. The number of allylic oxidation sites excluding steroid dienone is 2. The lowest BCUT2D eigenvalue weighted by atomic mass is 9.48. The third-order valence-corrected chi connectivity index (χ3v) is 11.4. The maximum atomic E-state index is 12.3. The zero-order valence-corrected chi connectivity index (χ0v) is 23.2. The standard InChI is InChI=1S/C30H37ClN2O2S/c1-4-7-26(34)35-25-13-12-19-18-10-11-21-27-24(15-17-29(21,2)20(18)14-16-30(19,25)3)33-28(36-27)32-23-9-6-5-8-22(23)31/h5-6,8-9,11,18-20,25H,4,7,10,12-17H2,1-3H3,(H,32,33)/t18-,19-,20-,25-,29+,30-/m0/s1. The Bertz CT molecular complexity index is 1210. The van der Waals surface area contributed by atoms with Crippen LogP contribution >= 0.6 is 22.9 Å². The Morgan fingerprint density at radius 2 is 2.03 bits per heavy atom. The van der Waals surface area contributed by atoms with Gasteiger partial charge in [-0.3, -0.25) is 4.79 Å². The largest absolute Gasteiger partial charge is 0.462 e. The maximum Gasteiger partial charge on any atom is 0.306 e. The molecule has 0 saturated heterocycles. The minimum absolute atomic E-state index is 0.00417. The molecule has 4 aliphatic carbocycles. The summed E-state index contributed by atoms with van der Waals surface area (Å²) in [6.07, 6.45) is 12.0. The molecule has 1 N–H and O–H groups in total. The van der Waals surface area contributed by atoms with Gasteiger partial charge in [-0.2, -0.15) is 0 Å². The lowest BCUT2D eigenvalue weighted by molar-refractivity contribution is -0.159. The molecule has 36 heavy (non-hydrogen) atoms. The van der Waals surface area contributed by atoms with Crippen molar-refractivity contribution in [1.82, 2.24) is 4.98 Å². The van der Waals surface area contributed by atoms with E-state index in [1.54, 1.807) is 11.3 Å². The van der Waals surface area contributed by atoms with Gasteiger partial charge in [0, 0.05) is 11.8 Å². The lowest BCUT2D eigenvalue weighted by Gasteiger charge is -2.56. The average Bonchev–Trinajstić information content (AvgIpc) is 3.41. The van der Waals surface area contributed by atoms with Gasteiger partial charge in [0.1, 0.15) is 6.10 Å². The zero-order chi connectivity index (χ0) is 25.1. The second-order valence-corrected chi connectivity index (χ2v) is 13.3. The highest BCUT2D eigenvalue weighted by Crippen LogP contribution is 2.66. The second-order valence-electron chi connectivity index (χ2n) is 11.9. The van der Waals surface area contributed by atoms with Crippen LogP contribution in [0.5, 0.6) is 0 Å². The molecule has 4 aliphatic rings. The third-order valence-electron chi connectivity index (χ3n) is 10.0. The predicted molar refractivity (Wildman–Crippen MR) is 148 cm³/mol. The number of aryl methyl sites for hydroxylation is 1. The van der Waals surface area contributed by atoms with Gasteiger partial charge in [0.25, 0.3) is 0 Å². The number of carbonyl (C=O) groups excluding carboxylic acids is 1. The van der Waals surface area contributed by atoms with Gasteiger partial charge in [-0.25, -0.2) is 4.98 Å². The average molecular weight is 525 g/mol. The van der Waals surface area contributed by atoms with Crippen molar-refractivity contribution in [2.24, 2.45) is 28.6 Å². The Balaban J connectivity index is 1.26. The number of halogens is 1. The molecule has 1 aromatic carbocycles. The first-order chi connectivity index (χ1) is 17.3. The van der Waals surface area contributed by atoms with E-state index in [1.807, 2.05) is 31.2 Å². The number of benzene rings is 1. The van der Waals surface area contributed by atoms with Crippen LogP contribution in [0.3, 0.4) is 0 Å². The van der Waals surface area contributed by atoms with Crippen LogP contribution in [0.2, 0.25) is 5.02 Å². The van der Waals surface area contributed by atoms with Crippen molar-refractivity contribution < 1.29 is 9.53 Å². The SMILES string of the molecule is CCCC(=O)O[C@H]1CC[C@H]2[C@@H]3CC=C4c5sc(Nc6ccccc6Cl)nc5CC[C@]4(C)[C@H]3CC[C@]12C. The number of rotatable bonds is 5. The zero-order valence-electron chi connectivity index (χ0n) is 21.6. The minimum Gasteiger partial charge on any atom is -0.462 e. The fraction of sp³-hybridized carbons (Fsp3) is 0.600. The number of para-hydroxylation sites is 1. The van der Waals surface area contributed by atoms with Crippen LogP contribution in [0, 0.1) is 28.6 Å². The van der Waals surface area contributed by atoms with Crippen molar-refractivity contribution in [3.63, 3.8) is 0 Å². The Morgan fingerprint density at radius 1 is 1.19 bits per heavy atom. The molecule has 4 nitrogen and oxygen atoms in total. The van der Waals surface area contributed by atoms with E-state index < -0.39 is 0 Å². The summed E-state index contributed by atoms with van der Waals surface area (Å²) in [6, 6.07) is 7.86. The summed E-state index contributed by atoms with van der Waals surface area (Å²) in [5.41, 5.74) is 4.00. The highest BCUT2D eigenvalue weighted by atomic mass is 35.5. The molecule has 0 aliphatic heterocycles. The number of hydrogen-bond acceptors (Lipinski definition) is 5. The van der Waals surface area contributed by atoms with Gasteiger partial charge in [0.2, 0.25) is 0 Å². The molecular formula is C30H37ClN2O2S. The number of anilines is 2. The van der Waals surface area contributed by atoms with Gasteiger partial charge < -0.3 is 10.1 Å². The number of nitrogens with one attached hydrogen (secondary N) is 1. The van der Waals surface area contributed by atoms with Crippen LogP contribution in [-0.2, 0) is 16.0 Å². The van der Waals surface area contributed by atoms with Crippen LogP contribution in [0.25, 0.3) is 5.57 Å². The molecule has 2 aromatic rings. The molecule has 0 bridgehead atoms. The highest BCUT2D eigenvalue weighted by Gasteiger charge is 2.60. The summed E-state index contributed by atoms with van der Waals surface area (Å²) >= 11 is 8.18. The van der Waals surface area contributed by atoms with E-state index in [-0.39, 0.29) is 22.9 Å². The molecule has 6 atom stereocenters. The number of aromatic nitrogens is 1. The van der Waals surface area contributed by atoms with E-state index in [1.165, 1.54) is 41.8 Å². The molecular weight excluding hydrogens is 488 g/mol. The first-order valence-electron chi connectivity index (χ1n) is 13.7. The monoisotopic (exact) mass is 524 g/mol. The summed E-state index contributed by atoms with van der Waals surface area (Å²) in [5, 5.41) is 5.12. The summed E-state index contributed by atoms with van der Waals surface area (Å²) in [7, 11) is 0. The fourth-order valence-corrected chi connectivity index (χ4v) is 9.56. The predicted octanol–water partition coefficient (Wildman–Crippen LogP) is 8.43. The first kappa shape index (κ1) is 24.5. The van der Waals surface area contributed by atoms with Gasteiger partial charge in [-0.15, -0.1) is 0 Å². The molecule has 0 amide bonds. The third kappa shape index (κ3) is 3.84. The molecule has 0 unspecified atom stereocenters. The number of esters is 1. The van der Waals surface area contributed by atoms with Crippen molar-refractivity contribution in [2.45, 2.75) is 84.7 Å². The van der Waals surface area contributed by atoms with Crippen molar-refractivity contribution in [3.05, 3.63) is 45.9 Å². The van der Waals surface area contributed by atoms with Crippen LogP contribution in [-0.4, -0.2) is 17.1 Å². The summed E-state index contributed by atoms with van der Waals surface area (Å²) in [6.45, 7) is 6.99. The van der Waals surface area contributed by atoms with Crippen molar-refractivity contribution in [3.8, 4) is 0 Å². The van der Waals surface area contributed by atoms with Crippen LogP contribution in [0.4, 0.5) is 10.8 Å². The van der Waals surface area contributed by atoms with Crippen molar-refractivity contribution in [1.29, 1.82) is 0 Å². The molecule has 6 rings (SSSR count). The van der Waals surface area contributed by atoms with Gasteiger partial charge >= 0.3 is 5.97 Å². The van der Waals surface area contributed by atoms with Gasteiger partial charge in [-0.1, -0.05) is 61.9 Å².